The Balaban J connectivity index is 2.48. The van der Waals surface area contributed by atoms with Gasteiger partial charge in [-0.2, -0.15) is 0 Å². The Morgan fingerprint density at radius 3 is 2.78 bits per heavy atom. The normalized spacial score (nSPS) is 20.8. The van der Waals surface area contributed by atoms with E-state index in [9.17, 15) is 9.90 Å². The largest absolute Gasteiger partial charge is 0.394 e. The zero-order chi connectivity index (χ0) is 17.1. The zero-order valence-corrected chi connectivity index (χ0v) is 14.7. The average Bonchev–Trinajstić information content (AvgIpc) is 3.03. The SMILES string of the molecule is CCCC[C@@H](/C=C(C)/C=C/C=C/C(=O)N1CCC[C@@H]1CO)OC. The zero-order valence-electron chi connectivity index (χ0n) is 14.7. The molecule has 1 fully saturated rings. The lowest BCUT2D eigenvalue weighted by Gasteiger charge is -2.21. The molecule has 4 nitrogen and oxygen atoms in total. The lowest BCUT2D eigenvalue weighted by atomic mass is 10.1. The molecular formula is C19H31NO3. The van der Waals surface area contributed by atoms with Crippen LogP contribution in [0.2, 0.25) is 0 Å². The molecule has 1 aliphatic heterocycles. The number of hydrogen-bond acceptors (Lipinski definition) is 3. The van der Waals surface area contributed by atoms with E-state index in [1.807, 2.05) is 19.1 Å². The van der Waals surface area contributed by atoms with Crippen molar-refractivity contribution >= 4 is 5.91 Å². The molecule has 0 bridgehead atoms. The highest BCUT2D eigenvalue weighted by atomic mass is 16.5. The fraction of sp³-hybridized carbons (Fsp3) is 0.632. The summed E-state index contributed by atoms with van der Waals surface area (Å²) >= 11 is 0. The van der Waals surface area contributed by atoms with Crippen molar-refractivity contribution in [3.05, 3.63) is 36.0 Å². The maximum absolute atomic E-state index is 12.1. The third kappa shape index (κ3) is 7.14. The fourth-order valence-electron chi connectivity index (χ4n) is 2.78. The van der Waals surface area contributed by atoms with Crippen molar-refractivity contribution in [3.8, 4) is 0 Å². The van der Waals surface area contributed by atoms with Gasteiger partial charge < -0.3 is 14.7 Å². The van der Waals surface area contributed by atoms with Crippen LogP contribution in [0.15, 0.2) is 36.0 Å². The van der Waals surface area contributed by atoms with Crippen molar-refractivity contribution in [1.29, 1.82) is 0 Å². The summed E-state index contributed by atoms with van der Waals surface area (Å²) in [5.41, 5.74) is 1.12. The van der Waals surface area contributed by atoms with Gasteiger partial charge in [-0.1, -0.05) is 49.6 Å². The average molecular weight is 321 g/mol. The Labute approximate surface area is 140 Å². The highest BCUT2D eigenvalue weighted by Crippen LogP contribution is 2.16. The second-order valence-corrected chi connectivity index (χ2v) is 6.06. The number of carbonyl (C=O) groups excluding carboxylic acids is 1. The molecule has 2 atom stereocenters. The van der Waals surface area contributed by atoms with Crippen molar-refractivity contribution < 1.29 is 14.6 Å². The number of likely N-dealkylation sites (tertiary alicyclic amines) is 1. The molecule has 1 aliphatic rings. The first kappa shape index (κ1) is 19.7. The number of aliphatic hydroxyl groups is 1. The van der Waals surface area contributed by atoms with E-state index in [1.165, 1.54) is 6.42 Å². The first-order valence-corrected chi connectivity index (χ1v) is 8.59. The van der Waals surface area contributed by atoms with Gasteiger partial charge in [0.15, 0.2) is 0 Å². The molecule has 0 unspecified atom stereocenters. The Bertz CT molecular complexity index is 440. The lowest BCUT2D eigenvalue weighted by Crippen LogP contribution is -2.36. The van der Waals surface area contributed by atoms with Crippen LogP contribution in [-0.4, -0.2) is 48.3 Å². The molecule has 0 saturated carbocycles. The molecule has 0 aromatic heterocycles. The summed E-state index contributed by atoms with van der Waals surface area (Å²) in [5, 5.41) is 9.25. The van der Waals surface area contributed by atoms with Crippen LogP contribution in [0.1, 0.15) is 46.0 Å². The molecule has 23 heavy (non-hydrogen) atoms. The molecule has 0 aliphatic carbocycles. The monoisotopic (exact) mass is 321 g/mol. The molecule has 130 valence electrons. The Morgan fingerprint density at radius 2 is 2.13 bits per heavy atom. The number of aliphatic hydroxyl groups excluding tert-OH is 1. The van der Waals surface area contributed by atoms with Crippen molar-refractivity contribution in [2.24, 2.45) is 0 Å². The minimum absolute atomic E-state index is 0.0150. The summed E-state index contributed by atoms with van der Waals surface area (Å²) in [6.07, 6.45) is 14.7. The highest BCUT2D eigenvalue weighted by molar-refractivity contribution is 5.88. The molecular weight excluding hydrogens is 290 g/mol. The van der Waals surface area contributed by atoms with E-state index in [-0.39, 0.29) is 24.7 Å². The van der Waals surface area contributed by atoms with Gasteiger partial charge in [0.05, 0.1) is 18.8 Å². The van der Waals surface area contributed by atoms with E-state index in [0.717, 1.165) is 37.8 Å². The van der Waals surface area contributed by atoms with E-state index in [0.29, 0.717) is 0 Å². The summed E-state index contributed by atoms with van der Waals surface area (Å²) in [5.74, 6) is -0.0226. The molecule has 1 amide bonds. The van der Waals surface area contributed by atoms with Crippen molar-refractivity contribution in [3.63, 3.8) is 0 Å². The van der Waals surface area contributed by atoms with Crippen LogP contribution in [0, 0.1) is 0 Å². The first-order valence-electron chi connectivity index (χ1n) is 8.59. The Morgan fingerprint density at radius 1 is 1.39 bits per heavy atom. The Kier molecular flexibility index (Phi) is 9.57. The van der Waals surface area contributed by atoms with Gasteiger partial charge in [-0.25, -0.2) is 0 Å². The molecule has 1 heterocycles. The van der Waals surface area contributed by atoms with E-state index in [4.69, 9.17) is 4.74 Å². The van der Waals surface area contributed by atoms with Gasteiger partial charge >= 0.3 is 0 Å². The number of unbranched alkanes of at least 4 members (excludes halogenated alkanes) is 1. The first-order chi connectivity index (χ1) is 11.1. The maximum Gasteiger partial charge on any atom is 0.246 e. The molecule has 0 aromatic carbocycles. The molecule has 1 N–H and O–H groups in total. The van der Waals surface area contributed by atoms with Crippen LogP contribution >= 0.6 is 0 Å². The quantitative estimate of drug-likeness (QED) is 0.524. The minimum atomic E-state index is -0.0226. The van der Waals surface area contributed by atoms with Gasteiger partial charge in [-0.3, -0.25) is 4.79 Å². The third-order valence-electron chi connectivity index (χ3n) is 4.17. The summed E-state index contributed by atoms with van der Waals surface area (Å²) in [7, 11) is 1.74. The van der Waals surface area contributed by atoms with Crippen molar-refractivity contribution in [1.82, 2.24) is 4.90 Å². The smallest absolute Gasteiger partial charge is 0.246 e. The number of ether oxygens (including phenoxy) is 1. The lowest BCUT2D eigenvalue weighted by molar-refractivity contribution is -0.127. The second kappa shape index (κ2) is 11.2. The number of rotatable bonds is 9. The van der Waals surface area contributed by atoms with Gasteiger partial charge in [0.2, 0.25) is 5.91 Å². The molecule has 0 spiro atoms. The van der Waals surface area contributed by atoms with E-state index in [1.54, 1.807) is 24.2 Å². The van der Waals surface area contributed by atoms with Crippen LogP contribution in [0.3, 0.4) is 0 Å². The Hall–Kier alpha value is -1.39. The van der Waals surface area contributed by atoms with Crippen molar-refractivity contribution in [2.45, 2.75) is 58.1 Å². The van der Waals surface area contributed by atoms with E-state index in [2.05, 4.69) is 13.0 Å². The van der Waals surface area contributed by atoms with Gasteiger partial charge in [0.25, 0.3) is 0 Å². The van der Waals surface area contributed by atoms with Crippen molar-refractivity contribution in [2.75, 3.05) is 20.3 Å². The molecule has 1 saturated heterocycles. The van der Waals surface area contributed by atoms with Crippen LogP contribution in [0.25, 0.3) is 0 Å². The summed E-state index contributed by atoms with van der Waals surface area (Å²) in [6, 6.07) is -0.0150. The van der Waals surface area contributed by atoms with Crippen LogP contribution < -0.4 is 0 Å². The number of carbonyl (C=O) groups is 1. The number of methoxy groups -OCH3 is 1. The number of amides is 1. The standard InChI is InChI=1S/C19H31NO3/c1-4-5-11-18(23-3)14-16(2)9-6-7-12-19(22)20-13-8-10-17(20)15-21/h6-7,9,12,14,17-18,21H,4-5,8,10-11,13,15H2,1-3H3/b9-6+,12-7+,16-14+/t17-,18+/m1/s1. The molecule has 1 rings (SSSR count). The fourth-order valence-corrected chi connectivity index (χ4v) is 2.78. The van der Waals surface area contributed by atoms with Crippen LogP contribution in [-0.2, 0) is 9.53 Å². The van der Waals surface area contributed by atoms with E-state index >= 15 is 0 Å². The molecule has 4 heteroatoms. The third-order valence-corrected chi connectivity index (χ3v) is 4.17. The summed E-state index contributed by atoms with van der Waals surface area (Å²) in [4.78, 5) is 13.8. The summed E-state index contributed by atoms with van der Waals surface area (Å²) < 4.78 is 5.45. The van der Waals surface area contributed by atoms with Gasteiger partial charge in [-0.05, 0) is 26.2 Å². The predicted octanol–water partition coefficient (Wildman–Crippen LogP) is 3.23. The maximum atomic E-state index is 12.1. The summed E-state index contributed by atoms with van der Waals surface area (Å²) in [6.45, 7) is 5.00. The predicted molar refractivity (Wildman–Crippen MR) is 94.2 cm³/mol. The number of hydrogen-bond donors (Lipinski definition) is 1. The minimum Gasteiger partial charge on any atom is -0.394 e. The number of allylic oxidation sites excluding steroid dienone is 4. The second-order valence-electron chi connectivity index (χ2n) is 6.06. The molecule has 0 aromatic rings. The van der Waals surface area contributed by atoms with Crippen LogP contribution in [0.4, 0.5) is 0 Å². The van der Waals surface area contributed by atoms with Gasteiger partial charge in [0.1, 0.15) is 0 Å². The van der Waals surface area contributed by atoms with Gasteiger partial charge in [-0.15, -0.1) is 0 Å². The van der Waals surface area contributed by atoms with Gasteiger partial charge in [0, 0.05) is 19.7 Å². The van der Waals surface area contributed by atoms with Crippen LogP contribution in [0.5, 0.6) is 0 Å². The molecule has 0 radical (unpaired) electrons. The topological polar surface area (TPSA) is 49.8 Å². The van der Waals surface area contributed by atoms with E-state index < -0.39 is 0 Å². The highest BCUT2D eigenvalue weighted by Gasteiger charge is 2.26. The number of nitrogens with zero attached hydrogens (tertiary/aromatic N) is 1.